The lowest BCUT2D eigenvalue weighted by Crippen LogP contribution is -2.11. The summed E-state index contributed by atoms with van der Waals surface area (Å²) in [6, 6.07) is 16.5. The maximum atomic E-state index is 13.0. The topological polar surface area (TPSA) is 20.2 Å². The smallest absolute Gasteiger partial charge is 0.123 e. The summed E-state index contributed by atoms with van der Waals surface area (Å²) in [5.74, 6) is -0.247. The van der Waals surface area contributed by atoms with Gasteiger partial charge in [-0.3, -0.25) is 0 Å². The maximum absolute atomic E-state index is 13.0. The van der Waals surface area contributed by atoms with E-state index < -0.39 is 6.10 Å². The first-order valence-corrected chi connectivity index (χ1v) is 6.20. The predicted octanol–water partition coefficient (Wildman–Crippen LogP) is 3.36. The lowest BCUT2D eigenvalue weighted by atomic mass is 10.0. The number of halogens is 1. The molecule has 0 bridgehead atoms. The van der Waals surface area contributed by atoms with Gasteiger partial charge in [-0.1, -0.05) is 42.5 Å². The number of benzene rings is 2. The zero-order valence-corrected chi connectivity index (χ0v) is 10.2. The van der Waals surface area contributed by atoms with Crippen LogP contribution in [0.5, 0.6) is 0 Å². The van der Waals surface area contributed by atoms with Gasteiger partial charge in [-0.15, -0.1) is 0 Å². The molecule has 1 unspecified atom stereocenters. The summed E-state index contributed by atoms with van der Waals surface area (Å²) < 4.78 is 13.0. The third-order valence-corrected chi connectivity index (χ3v) is 2.97. The number of aliphatic hydroxyl groups excluding tert-OH is 1. The van der Waals surface area contributed by atoms with Crippen molar-refractivity contribution in [2.75, 3.05) is 0 Å². The van der Waals surface area contributed by atoms with Crippen molar-refractivity contribution < 1.29 is 9.50 Å². The van der Waals surface area contributed by atoms with Crippen LogP contribution in [0.1, 0.15) is 17.5 Å². The van der Waals surface area contributed by atoms with Gasteiger partial charge in [0.05, 0.1) is 6.10 Å². The molecule has 0 saturated carbocycles. The number of hydrogen-bond acceptors (Lipinski definition) is 1. The van der Waals surface area contributed by atoms with Crippen molar-refractivity contribution in [3.8, 4) is 0 Å². The molecule has 2 aromatic rings. The molecule has 0 amide bonds. The Morgan fingerprint density at radius 2 is 1.67 bits per heavy atom. The summed E-state index contributed by atoms with van der Waals surface area (Å²) in [4.78, 5) is 0. The van der Waals surface area contributed by atoms with E-state index in [0.717, 1.165) is 12.0 Å². The highest BCUT2D eigenvalue weighted by Crippen LogP contribution is 2.11. The average molecular weight is 244 g/mol. The van der Waals surface area contributed by atoms with Crippen molar-refractivity contribution in [3.05, 3.63) is 71.5 Å². The third-order valence-electron chi connectivity index (χ3n) is 2.97. The van der Waals surface area contributed by atoms with E-state index in [1.807, 2.05) is 24.3 Å². The first-order valence-electron chi connectivity index (χ1n) is 6.20. The molecule has 2 aromatic carbocycles. The first-order chi connectivity index (χ1) is 8.74. The Balaban J connectivity index is 1.84. The highest BCUT2D eigenvalue weighted by atomic mass is 19.1. The van der Waals surface area contributed by atoms with Crippen LogP contribution in [0, 0.1) is 5.82 Å². The van der Waals surface area contributed by atoms with Gasteiger partial charge in [0.1, 0.15) is 5.82 Å². The minimum absolute atomic E-state index is 0.247. The van der Waals surface area contributed by atoms with Gasteiger partial charge >= 0.3 is 0 Å². The molecule has 1 atom stereocenters. The summed E-state index contributed by atoms with van der Waals surface area (Å²) in [6.45, 7) is 0. The van der Waals surface area contributed by atoms with Crippen LogP contribution >= 0.6 is 0 Å². The summed E-state index contributed by atoms with van der Waals surface area (Å²) >= 11 is 0. The van der Waals surface area contributed by atoms with Crippen LogP contribution in [-0.4, -0.2) is 11.2 Å². The molecule has 0 aliphatic rings. The second-order valence-corrected chi connectivity index (χ2v) is 4.51. The van der Waals surface area contributed by atoms with E-state index >= 15 is 0 Å². The molecule has 18 heavy (non-hydrogen) atoms. The minimum atomic E-state index is -0.424. The summed E-state index contributed by atoms with van der Waals surface area (Å²) in [5, 5.41) is 9.93. The maximum Gasteiger partial charge on any atom is 0.123 e. The van der Waals surface area contributed by atoms with E-state index in [-0.39, 0.29) is 5.82 Å². The van der Waals surface area contributed by atoms with Gasteiger partial charge in [-0.25, -0.2) is 4.39 Å². The van der Waals surface area contributed by atoms with Crippen molar-refractivity contribution in [2.45, 2.75) is 25.4 Å². The van der Waals surface area contributed by atoms with Crippen molar-refractivity contribution in [2.24, 2.45) is 0 Å². The quantitative estimate of drug-likeness (QED) is 0.855. The Hall–Kier alpha value is -1.67. The SMILES string of the molecule is OC(CCc1ccccc1)Cc1cccc(F)c1. The molecule has 0 aliphatic heterocycles. The summed E-state index contributed by atoms with van der Waals surface area (Å²) in [7, 11) is 0. The number of rotatable bonds is 5. The van der Waals surface area contributed by atoms with Crippen LogP contribution < -0.4 is 0 Å². The molecule has 0 fully saturated rings. The van der Waals surface area contributed by atoms with Crippen LogP contribution in [0.2, 0.25) is 0 Å². The molecule has 1 nitrogen and oxygen atoms in total. The number of aliphatic hydroxyl groups is 1. The molecule has 94 valence electrons. The lowest BCUT2D eigenvalue weighted by Gasteiger charge is -2.10. The Kier molecular flexibility index (Phi) is 4.48. The van der Waals surface area contributed by atoms with Crippen LogP contribution in [-0.2, 0) is 12.8 Å². The van der Waals surface area contributed by atoms with Gasteiger partial charge in [-0.05, 0) is 42.5 Å². The van der Waals surface area contributed by atoms with E-state index in [1.54, 1.807) is 6.07 Å². The Bertz CT molecular complexity index is 481. The normalized spacial score (nSPS) is 12.3. The zero-order chi connectivity index (χ0) is 12.8. The van der Waals surface area contributed by atoms with E-state index in [2.05, 4.69) is 12.1 Å². The highest BCUT2D eigenvalue weighted by molar-refractivity contribution is 5.18. The van der Waals surface area contributed by atoms with E-state index in [4.69, 9.17) is 0 Å². The molecule has 0 radical (unpaired) electrons. The number of hydrogen-bond donors (Lipinski definition) is 1. The van der Waals surface area contributed by atoms with Crippen molar-refractivity contribution in [1.82, 2.24) is 0 Å². The van der Waals surface area contributed by atoms with Crippen LogP contribution in [0.3, 0.4) is 0 Å². The van der Waals surface area contributed by atoms with E-state index in [0.29, 0.717) is 12.8 Å². The molecule has 0 saturated heterocycles. The molecule has 0 aliphatic carbocycles. The lowest BCUT2D eigenvalue weighted by molar-refractivity contribution is 0.165. The van der Waals surface area contributed by atoms with Crippen molar-refractivity contribution >= 4 is 0 Å². The Morgan fingerprint density at radius 3 is 2.39 bits per heavy atom. The van der Waals surface area contributed by atoms with Gasteiger partial charge in [0.15, 0.2) is 0 Å². The predicted molar refractivity (Wildman–Crippen MR) is 70.9 cm³/mol. The van der Waals surface area contributed by atoms with E-state index in [1.165, 1.54) is 17.7 Å². The fraction of sp³-hybridized carbons (Fsp3) is 0.250. The van der Waals surface area contributed by atoms with Crippen LogP contribution in [0.4, 0.5) is 4.39 Å². The molecule has 0 aromatic heterocycles. The zero-order valence-electron chi connectivity index (χ0n) is 10.2. The van der Waals surface area contributed by atoms with Crippen molar-refractivity contribution in [3.63, 3.8) is 0 Å². The molecular formula is C16H17FO. The molecule has 2 heteroatoms. The van der Waals surface area contributed by atoms with Crippen LogP contribution in [0.15, 0.2) is 54.6 Å². The van der Waals surface area contributed by atoms with Crippen LogP contribution in [0.25, 0.3) is 0 Å². The largest absolute Gasteiger partial charge is 0.393 e. The van der Waals surface area contributed by atoms with Crippen molar-refractivity contribution in [1.29, 1.82) is 0 Å². The fourth-order valence-electron chi connectivity index (χ4n) is 2.02. The summed E-state index contributed by atoms with van der Waals surface area (Å²) in [6.07, 6.45) is 1.62. The molecule has 0 spiro atoms. The first kappa shape index (κ1) is 12.8. The fourth-order valence-corrected chi connectivity index (χ4v) is 2.02. The standard InChI is InChI=1S/C16H17FO/c17-15-8-4-7-14(11-15)12-16(18)10-9-13-5-2-1-3-6-13/h1-8,11,16,18H,9-10,12H2. The minimum Gasteiger partial charge on any atom is -0.393 e. The van der Waals surface area contributed by atoms with Gasteiger partial charge in [0, 0.05) is 0 Å². The molecule has 2 rings (SSSR count). The molecular weight excluding hydrogens is 227 g/mol. The van der Waals surface area contributed by atoms with Gasteiger partial charge < -0.3 is 5.11 Å². The van der Waals surface area contributed by atoms with E-state index in [9.17, 15) is 9.50 Å². The Morgan fingerprint density at radius 1 is 0.944 bits per heavy atom. The highest BCUT2D eigenvalue weighted by Gasteiger charge is 2.06. The summed E-state index contributed by atoms with van der Waals surface area (Å²) in [5.41, 5.74) is 2.06. The number of aryl methyl sites for hydroxylation is 1. The molecule has 1 N–H and O–H groups in total. The third kappa shape index (κ3) is 3.97. The Labute approximate surface area is 107 Å². The second kappa shape index (κ2) is 6.31. The van der Waals surface area contributed by atoms with Gasteiger partial charge in [0.2, 0.25) is 0 Å². The average Bonchev–Trinajstić information content (AvgIpc) is 2.38. The van der Waals surface area contributed by atoms with Gasteiger partial charge in [-0.2, -0.15) is 0 Å². The van der Waals surface area contributed by atoms with Gasteiger partial charge in [0.25, 0.3) is 0 Å². The second-order valence-electron chi connectivity index (χ2n) is 4.51. The molecule has 0 heterocycles. The monoisotopic (exact) mass is 244 g/mol.